The molecule has 5 rings (SSSR count). The van der Waals surface area contributed by atoms with E-state index in [9.17, 15) is 0 Å². The highest BCUT2D eigenvalue weighted by atomic mass is 14.6. The van der Waals surface area contributed by atoms with Gasteiger partial charge in [-0.2, -0.15) is 0 Å². The summed E-state index contributed by atoms with van der Waals surface area (Å²) in [5, 5.41) is 0. The lowest BCUT2D eigenvalue weighted by Gasteiger charge is -2.63. The quantitative estimate of drug-likeness (QED) is 0.532. The lowest BCUT2D eigenvalue weighted by atomic mass is 9.23. The average Bonchev–Trinajstić information content (AvgIpc) is 2.62. The van der Waals surface area contributed by atoms with Crippen molar-refractivity contribution in [2.75, 3.05) is 0 Å². The first kappa shape index (κ1) is 12.8. The topological polar surface area (TPSA) is 0 Å². The average molecular weight is 258 g/mol. The van der Waals surface area contributed by atoms with E-state index in [1.807, 2.05) is 0 Å². The standard InChI is InChI=1S/C18H31B/c1-12-16-10-13(18(16,2)3)11-17(12)19-14-6-4-5-7-15(19)9-8-14/h12-17H,4-11H2,1-3H3/t12?,13-,14-,15+,16+,17+/m0/s1. The van der Waals surface area contributed by atoms with Gasteiger partial charge < -0.3 is 0 Å². The van der Waals surface area contributed by atoms with Crippen LogP contribution in [0.5, 0.6) is 0 Å². The number of fused-ring (bicyclic) bond motifs is 5. The van der Waals surface area contributed by atoms with Gasteiger partial charge in [-0.15, -0.1) is 0 Å². The fourth-order valence-corrected chi connectivity index (χ4v) is 7.08. The fourth-order valence-electron chi connectivity index (χ4n) is 7.08. The van der Waals surface area contributed by atoms with E-state index in [0.29, 0.717) is 5.41 Å². The summed E-state index contributed by atoms with van der Waals surface area (Å²) in [7, 11) is 0. The maximum absolute atomic E-state index is 2.62. The summed E-state index contributed by atoms with van der Waals surface area (Å²) in [5.74, 6) is 6.50. The van der Waals surface area contributed by atoms with E-state index in [0.717, 1.165) is 41.9 Å². The molecule has 4 bridgehead atoms. The van der Waals surface area contributed by atoms with E-state index >= 15 is 0 Å². The molecule has 106 valence electrons. The highest BCUT2D eigenvalue weighted by Crippen LogP contribution is 2.68. The first-order chi connectivity index (χ1) is 9.09. The Morgan fingerprint density at radius 1 is 0.895 bits per heavy atom. The van der Waals surface area contributed by atoms with Crippen LogP contribution in [0.25, 0.3) is 0 Å². The van der Waals surface area contributed by atoms with Gasteiger partial charge in [-0.1, -0.05) is 83.2 Å². The third-order valence-corrected chi connectivity index (χ3v) is 8.30. The van der Waals surface area contributed by atoms with E-state index in [4.69, 9.17) is 0 Å². The van der Waals surface area contributed by atoms with E-state index in [2.05, 4.69) is 20.8 Å². The molecular weight excluding hydrogens is 227 g/mol. The molecule has 2 saturated heterocycles. The predicted octanol–water partition coefficient (Wildman–Crippen LogP) is 5.66. The van der Waals surface area contributed by atoms with Gasteiger partial charge in [0.05, 0.1) is 0 Å². The van der Waals surface area contributed by atoms with Crippen molar-refractivity contribution in [1.82, 2.24) is 0 Å². The molecule has 5 aliphatic rings. The second kappa shape index (κ2) is 4.28. The molecular formula is C18H31B. The van der Waals surface area contributed by atoms with Gasteiger partial charge in [0.1, 0.15) is 6.71 Å². The van der Waals surface area contributed by atoms with Crippen molar-refractivity contribution in [3.8, 4) is 0 Å². The van der Waals surface area contributed by atoms with Crippen LogP contribution in [0.3, 0.4) is 0 Å². The van der Waals surface area contributed by atoms with Gasteiger partial charge in [0.15, 0.2) is 0 Å². The van der Waals surface area contributed by atoms with Crippen LogP contribution < -0.4 is 0 Å². The predicted molar refractivity (Wildman–Crippen MR) is 83.9 cm³/mol. The largest absolute Gasteiger partial charge is 0.149 e. The van der Waals surface area contributed by atoms with E-state index in [1.165, 1.54) is 12.8 Å². The van der Waals surface area contributed by atoms with Crippen LogP contribution in [0.2, 0.25) is 17.5 Å². The van der Waals surface area contributed by atoms with Crippen molar-refractivity contribution in [1.29, 1.82) is 0 Å². The Hall–Kier alpha value is 0.0649. The Bertz CT molecular complexity index is 347. The number of hydrogen-bond acceptors (Lipinski definition) is 0. The number of hydrogen-bond donors (Lipinski definition) is 0. The van der Waals surface area contributed by atoms with Crippen molar-refractivity contribution >= 4 is 6.71 Å². The van der Waals surface area contributed by atoms with E-state index in [1.54, 1.807) is 38.5 Å². The zero-order chi connectivity index (χ0) is 13.2. The van der Waals surface area contributed by atoms with Crippen LogP contribution in [0.15, 0.2) is 0 Å². The molecule has 1 unspecified atom stereocenters. The van der Waals surface area contributed by atoms with Crippen molar-refractivity contribution in [2.24, 2.45) is 23.2 Å². The summed E-state index contributed by atoms with van der Waals surface area (Å²) >= 11 is 0. The van der Waals surface area contributed by atoms with Crippen LogP contribution >= 0.6 is 0 Å². The van der Waals surface area contributed by atoms with Gasteiger partial charge in [0.25, 0.3) is 0 Å². The van der Waals surface area contributed by atoms with Crippen molar-refractivity contribution in [3.63, 3.8) is 0 Å². The van der Waals surface area contributed by atoms with Gasteiger partial charge in [-0.05, 0) is 29.6 Å². The Morgan fingerprint density at radius 3 is 2.05 bits per heavy atom. The second-order valence-corrected chi connectivity index (χ2v) is 9.08. The van der Waals surface area contributed by atoms with E-state index in [-0.39, 0.29) is 0 Å². The monoisotopic (exact) mass is 258 g/mol. The van der Waals surface area contributed by atoms with Crippen LogP contribution in [0, 0.1) is 23.2 Å². The lowest BCUT2D eigenvalue weighted by molar-refractivity contribution is -0.0994. The van der Waals surface area contributed by atoms with Gasteiger partial charge in [0, 0.05) is 0 Å². The van der Waals surface area contributed by atoms with Crippen LogP contribution in [0.4, 0.5) is 0 Å². The Kier molecular flexibility index (Phi) is 2.88. The lowest BCUT2D eigenvalue weighted by Crippen LogP contribution is -2.56. The molecule has 0 aromatic carbocycles. The summed E-state index contributed by atoms with van der Waals surface area (Å²) in [6.07, 6.45) is 12.5. The Morgan fingerprint density at radius 2 is 1.53 bits per heavy atom. The van der Waals surface area contributed by atoms with Gasteiger partial charge >= 0.3 is 0 Å². The molecule has 0 amide bonds. The summed E-state index contributed by atoms with van der Waals surface area (Å²) in [6.45, 7) is 8.87. The molecule has 0 aromatic rings. The van der Waals surface area contributed by atoms with Gasteiger partial charge in [0.2, 0.25) is 0 Å². The highest BCUT2D eigenvalue weighted by Gasteiger charge is 2.59. The van der Waals surface area contributed by atoms with Crippen molar-refractivity contribution in [3.05, 3.63) is 0 Å². The first-order valence-corrected chi connectivity index (χ1v) is 9.09. The molecule has 3 aliphatic carbocycles. The minimum atomic E-state index is 0.680. The first-order valence-electron chi connectivity index (χ1n) is 9.09. The minimum absolute atomic E-state index is 0.680. The van der Waals surface area contributed by atoms with Crippen molar-refractivity contribution < 1.29 is 0 Å². The van der Waals surface area contributed by atoms with Crippen LogP contribution in [0.1, 0.15) is 72.1 Å². The molecule has 5 fully saturated rings. The van der Waals surface area contributed by atoms with Gasteiger partial charge in [-0.3, -0.25) is 0 Å². The molecule has 0 radical (unpaired) electrons. The normalized spacial score (nSPS) is 51.6. The summed E-state index contributed by atoms with van der Waals surface area (Å²) < 4.78 is 0. The third kappa shape index (κ3) is 1.72. The zero-order valence-electron chi connectivity index (χ0n) is 13.2. The van der Waals surface area contributed by atoms with Crippen LogP contribution in [-0.4, -0.2) is 6.71 Å². The van der Waals surface area contributed by atoms with Crippen molar-refractivity contribution in [2.45, 2.75) is 89.6 Å². The summed E-state index contributed by atoms with van der Waals surface area (Å²) in [6, 6.07) is 0. The smallest absolute Gasteiger partial charge is 0.0626 e. The third-order valence-electron chi connectivity index (χ3n) is 8.30. The Labute approximate surface area is 120 Å². The number of rotatable bonds is 1. The second-order valence-electron chi connectivity index (χ2n) is 9.08. The SMILES string of the molecule is CC1[C@H]2C[C@@H](C[C@H]1B1[C@@H]3CCCC[C@H]1CC3)C2(C)C. The van der Waals surface area contributed by atoms with Gasteiger partial charge in [-0.25, -0.2) is 0 Å². The van der Waals surface area contributed by atoms with E-state index < -0.39 is 0 Å². The molecule has 19 heavy (non-hydrogen) atoms. The molecule has 2 heterocycles. The molecule has 0 spiro atoms. The Balaban J connectivity index is 1.57. The molecule has 2 aliphatic heterocycles. The molecule has 0 nitrogen and oxygen atoms in total. The molecule has 6 atom stereocenters. The highest BCUT2D eigenvalue weighted by molar-refractivity contribution is 6.64. The molecule has 0 N–H and O–H groups in total. The van der Waals surface area contributed by atoms with Crippen LogP contribution in [-0.2, 0) is 0 Å². The summed E-state index contributed by atoms with van der Waals surface area (Å²) in [5.41, 5.74) is 0.680. The maximum Gasteiger partial charge on any atom is 0.149 e. The summed E-state index contributed by atoms with van der Waals surface area (Å²) in [4.78, 5) is 0. The maximum atomic E-state index is 2.62. The zero-order valence-corrected chi connectivity index (χ0v) is 13.2. The molecule has 1 heteroatoms. The minimum Gasteiger partial charge on any atom is -0.0626 e. The molecule has 3 saturated carbocycles. The molecule has 0 aromatic heterocycles. The fraction of sp³-hybridized carbons (Fsp3) is 1.00.